The highest BCUT2D eigenvalue weighted by Crippen LogP contribution is 2.52. The molecule has 2 aliphatic rings. The molecule has 2 saturated heterocycles. The molecular weight excluding hydrogens is 432 g/mol. The fourth-order valence-electron chi connectivity index (χ4n) is 3.45. The summed E-state index contributed by atoms with van der Waals surface area (Å²) in [5.41, 5.74) is 0.599. The van der Waals surface area contributed by atoms with E-state index in [9.17, 15) is 19.7 Å². The van der Waals surface area contributed by atoms with Crippen molar-refractivity contribution in [3.63, 3.8) is 0 Å². The molecule has 1 aromatic heterocycles. The molecule has 3 heterocycles. The molecule has 0 saturated carbocycles. The van der Waals surface area contributed by atoms with Crippen LogP contribution in [0.3, 0.4) is 0 Å². The minimum atomic E-state index is -0.722. The lowest BCUT2D eigenvalue weighted by atomic mass is 9.98. The van der Waals surface area contributed by atoms with E-state index in [1.807, 2.05) is 6.92 Å². The maximum absolute atomic E-state index is 13.0. The van der Waals surface area contributed by atoms with Gasteiger partial charge < -0.3 is 9.64 Å². The Bertz CT molecular complexity index is 999. The monoisotopic (exact) mass is 450 g/mol. The van der Waals surface area contributed by atoms with Crippen LogP contribution >= 0.6 is 23.5 Å². The molecular formula is C17H18N6O5S2. The van der Waals surface area contributed by atoms with Gasteiger partial charge in [0.25, 0.3) is 5.69 Å². The quantitative estimate of drug-likeness (QED) is 0.200. The Kier molecular flexibility index (Phi) is 5.40. The zero-order chi connectivity index (χ0) is 21.5. The summed E-state index contributed by atoms with van der Waals surface area (Å²) in [7, 11) is 1.74. The Morgan fingerprint density at radius 2 is 2.17 bits per heavy atom. The Morgan fingerprint density at radius 3 is 2.77 bits per heavy atom. The molecule has 0 N–H and O–H groups in total. The molecule has 2 fully saturated rings. The fourth-order valence-corrected chi connectivity index (χ4v) is 6.33. The summed E-state index contributed by atoms with van der Waals surface area (Å²) in [4.78, 5) is 37.0. The molecule has 1 aromatic carbocycles. The first-order valence-electron chi connectivity index (χ1n) is 9.02. The van der Waals surface area contributed by atoms with Crippen molar-refractivity contribution < 1.29 is 19.2 Å². The van der Waals surface area contributed by atoms with Crippen LogP contribution in [0.5, 0.6) is 0 Å². The average molecular weight is 451 g/mol. The second-order valence-corrected chi connectivity index (χ2v) is 9.85. The van der Waals surface area contributed by atoms with E-state index >= 15 is 0 Å². The summed E-state index contributed by atoms with van der Waals surface area (Å²) in [5, 5.41) is 22.7. The molecule has 0 bridgehead atoms. The van der Waals surface area contributed by atoms with Crippen molar-refractivity contribution in [1.82, 2.24) is 25.1 Å². The van der Waals surface area contributed by atoms with E-state index < -0.39 is 21.7 Å². The van der Waals surface area contributed by atoms with E-state index in [0.717, 1.165) is 0 Å². The van der Waals surface area contributed by atoms with E-state index in [-0.39, 0.29) is 23.6 Å². The van der Waals surface area contributed by atoms with Gasteiger partial charge in [-0.1, -0.05) is 11.8 Å². The molecule has 11 nitrogen and oxygen atoms in total. The maximum Gasteiger partial charge on any atom is 0.330 e. The lowest BCUT2D eigenvalue weighted by Gasteiger charge is -2.37. The summed E-state index contributed by atoms with van der Waals surface area (Å²) in [5.74, 6) is -0.0434. The number of ether oxygens (including phenoxy) is 1. The van der Waals surface area contributed by atoms with E-state index in [1.165, 1.54) is 23.9 Å². The topological polar surface area (TPSA) is 133 Å². The van der Waals surface area contributed by atoms with Crippen LogP contribution in [0, 0.1) is 10.1 Å². The number of carbonyl (C=O) groups excluding carboxylic acids is 2. The molecule has 2 aromatic rings. The Labute approximate surface area is 179 Å². The predicted octanol–water partition coefficient (Wildman–Crippen LogP) is 1.39. The van der Waals surface area contributed by atoms with Crippen LogP contribution in [0.25, 0.3) is 0 Å². The number of fused-ring (bicyclic) bond motifs is 1. The van der Waals surface area contributed by atoms with Crippen LogP contribution in [0.4, 0.5) is 5.69 Å². The molecule has 0 aliphatic carbocycles. The molecule has 30 heavy (non-hydrogen) atoms. The first-order chi connectivity index (χ1) is 14.3. The van der Waals surface area contributed by atoms with Crippen LogP contribution in [0.2, 0.25) is 0 Å². The number of hydrogen-bond acceptors (Lipinski definition) is 10. The van der Waals surface area contributed by atoms with Crippen molar-refractivity contribution in [2.75, 3.05) is 5.75 Å². The van der Waals surface area contributed by atoms with Gasteiger partial charge in [0.2, 0.25) is 11.1 Å². The molecule has 1 amide bonds. The predicted molar refractivity (Wildman–Crippen MR) is 107 cm³/mol. The maximum atomic E-state index is 13.0. The van der Waals surface area contributed by atoms with Gasteiger partial charge in [-0.25, -0.2) is 9.48 Å². The number of benzene rings is 1. The van der Waals surface area contributed by atoms with E-state index in [1.54, 1.807) is 40.5 Å². The second-order valence-electron chi connectivity index (χ2n) is 7.20. The van der Waals surface area contributed by atoms with Gasteiger partial charge >= 0.3 is 5.97 Å². The van der Waals surface area contributed by atoms with E-state index in [2.05, 4.69) is 15.5 Å². The highest BCUT2D eigenvalue weighted by molar-refractivity contribution is 8.04. The van der Waals surface area contributed by atoms with Gasteiger partial charge in [0, 0.05) is 24.9 Å². The minimum absolute atomic E-state index is 0.0267. The number of nitro groups is 1. The standard InChI is InChI=1S/C17H18N6O5S2/c1-17(9-29-16-18-19-20-21(16)2)14(22-12(24)7-13(22)30-17)15(25)28-8-10-3-5-11(6-4-10)23(26)27/h3-6,13-14H,7-9H2,1-2H3. The van der Waals surface area contributed by atoms with Crippen LogP contribution in [0.15, 0.2) is 29.4 Å². The summed E-state index contributed by atoms with van der Waals surface area (Å²) in [6, 6.07) is 5.09. The van der Waals surface area contributed by atoms with Crippen molar-refractivity contribution in [3.05, 3.63) is 39.9 Å². The van der Waals surface area contributed by atoms with Crippen molar-refractivity contribution in [3.8, 4) is 0 Å². The smallest absolute Gasteiger partial charge is 0.330 e. The van der Waals surface area contributed by atoms with Crippen molar-refractivity contribution in [1.29, 1.82) is 0 Å². The molecule has 2 aliphatic heterocycles. The normalized spacial score (nSPS) is 25.0. The highest BCUT2D eigenvalue weighted by atomic mass is 32.2. The Morgan fingerprint density at radius 1 is 1.43 bits per heavy atom. The van der Waals surface area contributed by atoms with Gasteiger partial charge in [-0.15, -0.1) is 16.9 Å². The van der Waals surface area contributed by atoms with Gasteiger partial charge in [-0.3, -0.25) is 14.9 Å². The number of esters is 1. The summed E-state index contributed by atoms with van der Waals surface area (Å²) in [6.45, 7) is 1.92. The number of aryl methyl sites for hydroxylation is 1. The van der Waals surface area contributed by atoms with Gasteiger partial charge in [0.05, 0.1) is 21.5 Å². The number of aromatic nitrogens is 4. The molecule has 13 heteroatoms. The van der Waals surface area contributed by atoms with Crippen molar-refractivity contribution in [2.45, 2.75) is 41.3 Å². The Hall–Kier alpha value is -2.67. The number of carbonyl (C=O) groups is 2. The first-order valence-corrected chi connectivity index (χ1v) is 10.9. The van der Waals surface area contributed by atoms with Gasteiger partial charge in [0.15, 0.2) is 0 Å². The number of nitrogens with zero attached hydrogens (tertiary/aromatic N) is 6. The lowest BCUT2D eigenvalue weighted by Crippen LogP contribution is -2.58. The number of β-lactam (4-membered cyclic amide) rings is 1. The zero-order valence-corrected chi connectivity index (χ0v) is 17.8. The number of amides is 1. The molecule has 3 atom stereocenters. The highest BCUT2D eigenvalue weighted by Gasteiger charge is 2.61. The first kappa shape index (κ1) is 20.6. The van der Waals surface area contributed by atoms with Crippen LogP contribution in [0.1, 0.15) is 18.9 Å². The van der Waals surface area contributed by atoms with Gasteiger partial charge in [-0.05, 0) is 35.0 Å². The second kappa shape index (κ2) is 7.87. The number of nitro benzene ring substituents is 1. The van der Waals surface area contributed by atoms with Crippen LogP contribution in [-0.4, -0.2) is 63.8 Å². The van der Waals surface area contributed by atoms with Gasteiger partial charge in [0.1, 0.15) is 12.6 Å². The SMILES string of the molecule is Cn1nnnc1SCC1(C)SC2CC(=O)N2C1C(=O)OCc1ccc([N+](=O)[O-])cc1. The Balaban J connectivity index is 1.45. The lowest BCUT2D eigenvalue weighted by molar-refractivity contribution is -0.384. The third-order valence-electron chi connectivity index (χ3n) is 5.03. The van der Waals surface area contributed by atoms with Crippen molar-refractivity contribution in [2.24, 2.45) is 7.05 Å². The summed E-state index contributed by atoms with van der Waals surface area (Å²) in [6.07, 6.45) is 0.405. The fraction of sp³-hybridized carbons (Fsp3) is 0.471. The zero-order valence-electron chi connectivity index (χ0n) is 16.1. The molecule has 3 unspecified atom stereocenters. The van der Waals surface area contributed by atoms with Crippen molar-refractivity contribution >= 4 is 41.1 Å². The van der Waals surface area contributed by atoms with Crippen LogP contribution in [-0.2, 0) is 28.0 Å². The minimum Gasteiger partial charge on any atom is -0.459 e. The van der Waals surface area contributed by atoms with E-state index in [0.29, 0.717) is 22.9 Å². The number of thioether (sulfide) groups is 2. The third kappa shape index (κ3) is 3.74. The summed E-state index contributed by atoms with van der Waals surface area (Å²) >= 11 is 3.01. The molecule has 0 radical (unpaired) electrons. The number of non-ortho nitro benzene ring substituents is 1. The van der Waals surface area contributed by atoms with E-state index in [4.69, 9.17) is 4.74 Å². The number of tetrazole rings is 1. The number of hydrogen-bond donors (Lipinski definition) is 0. The average Bonchev–Trinajstić information content (AvgIpc) is 3.23. The largest absolute Gasteiger partial charge is 0.459 e. The summed E-state index contributed by atoms with van der Waals surface area (Å²) < 4.78 is 6.48. The molecule has 4 rings (SSSR count). The third-order valence-corrected chi connectivity index (χ3v) is 8.13. The molecule has 158 valence electrons. The van der Waals surface area contributed by atoms with Gasteiger partial charge in [-0.2, -0.15) is 0 Å². The molecule has 0 spiro atoms. The number of rotatable bonds is 7. The van der Waals surface area contributed by atoms with Crippen LogP contribution < -0.4 is 0 Å².